The lowest BCUT2D eigenvalue weighted by atomic mass is 9.93. The largest absolute Gasteiger partial charge is 0.490 e. The molecule has 2 heterocycles. The number of benzene rings is 1. The van der Waals surface area contributed by atoms with Gasteiger partial charge in [-0.1, -0.05) is 139 Å². The number of aromatic nitrogens is 2. The second-order valence-electron chi connectivity index (χ2n) is 15.7. The lowest BCUT2D eigenvalue weighted by Gasteiger charge is -2.18. The molecule has 3 rings (SSSR count). The average molecular weight is 665 g/mol. The number of nitrogens with zero attached hydrogens (tertiary/aromatic N) is 2. The summed E-state index contributed by atoms with van der Waals surface area (Å²) >= 11 is 1.69. The van der Waals surface area contributed by atoms with E-state index in [0.29, 0.717) is 25.0 Å². The van der Waals surface area contributed by atoms with Gasteiger partial charge in [0.2, 0.25) is 0 Å². The third kappa shape index (κ3) is 15.7. The van der Waals surface area contributed by atoms with Gasteiger partial charge in [-0.25, -0.2) is 4.98 Å². The molecule has 0 bridgehead atoms. The van der Waals surface area contributed by atoms with Crippen LogP contribution in [0.3, 0.4) is 0 Å². The summed E-state index contributed by atoms with van der Waals surface area (Å²) in [5.41, 5.74) is 2.61. The number of rotatable bonds is 25. The van der Waals surface area contributed by atoms with Crippen molar-refractivity contribution in [2.75, 3.05) is 13.2 Å². The molecule has 0 aliphatic heterocycles. The third-order valence-electron chi connectivity index (χ3n) is 9.86. The Kier molecular flexibility index (Phi) is 18.2. The highest BCUT2D eigenvalue weighted by Gasteiger charge is 2.14. The Morgan fingerprint density at radius 3 is 1.47 bits per heavy atom. The van der Waals surface area contributed by atoms with Crippen molar-refractivity contribution in [2.24, 2.45) is 35.5 Å². The number of hydrogen-bond acceptors (Lipinski definition) is 5. The molecule has 4 atom stereocenters. The fourth-order valence-electron chi connectivity index (χ4n) is 6.49. The van der Waals surface area contributed by atoms with E-state index >= 15 is 0 Å². The predicted molar refractivity (Wildman–Crippen MR) is 205 cm³/mol. The van der Waals surface area contributed by atoms with Crippen molar-refractivity contribution in [3.8, 4) is 22.1 Å². The van der Waals surface area contributed by atoms with E-state index in [0.717, 1.165) is 69.6 Å². The second-order valence-corrected chi connectivity index (χ2v) is 16.7. The Hall–Kier alpha value is -2.14. The number of hydrogen-bond donors (Lipinski definition) is 0. The standard InChI is InChI=1S/C42H68N2O2S/c1-31(2)14-9-16-33(5)18-11-20-35(7)23-25-45-40-28-37-38(44-39(30-43-37)42-22-13-27-47-42)29-41(40)46-26-24-36(8)21-12-19-34(6)17-10-15-32(3)4/h13,22,27-36H,9-12,14-21,23-26H2,1-8H3. The normalized spacial score (nSPS) is 14.5. The number of ether oxygens (including phenoxy) is 2. The SMILES string of the molecule is CC(C)CCCC(C)CCCC(C)CCOc1cc2ncc(-c3cccs3)nc2cc1OCCC(C)CCCC(C)CCCC(C)C. The minimum absolute atomic E-state index is 0.645. The Labute approximate surface area is 292 Å². The van der Waals surface area contributed by atoms with Crippen LogP contribution in [0.15, 0.2) is 35.8 Å². The molecular formula is C42H68N2O2S. The topological polar surface area (TPSA) is 44.2 Å². The smallest absolute Gasteiger partial charge is 0.163 e. The predicted octanol–water partition coefficient (Wildman–Crippen LogP) is 13.4. The summed E-state index contributed by atoms with van der Waals surface area (Å²) < 4.78 is 12.9. The van der Waals surface area contributed by atoms with E-state index in [1.54, 1.807) is 11.3 Å². The van der Waals surface area contributed by atoms with Gasteiger partial charge in [0.15, 0.2) is 11.5 Å². The third-order valence-corrected chi connectivity index (χ3v) is 10.8. The van der Waals surface area contributed by atoms with E-state index in [4.69, 9.17) is 19.4 Å². The van der Waals surface area contributed by atoms with Gasteiger partial charge >= 0.3 is 0 Å². The molecule has 4 nitrogen and oxygen atoms in total. The first-order chi connectivity index (χ1) is 22.6. The fourth-order valence-corrected chi connectivity index (χ4v) is 7.17. The van der Waals surface area contributed by atoms with Crippen molar-refractivity contribution in [3.05, 3.63) is 35.8 Å². The maximum absolute atomic E-state index is 6.45. The molecule has 1 aromatic carbocycles. The van der Waals surface area contributed by atoms with E-state index in [1.165, 1.54) is 77.0 Å². The molecule has 4 unspecified atom stereocenters. The molecule has 0 amide bonds. The van der Waals surface area contributed by atoms with Crippen LogP contribution in [0.4, 0.5) is 0 Å². The lowest BCUT2D eigenvalue weighted by molar-refractivity contribution is 0.237. The average Bonchev–Trinajstić information content (AvgIpc) is 3.56. The van der Waals surface area contributed by atoms with Crippen LogP contribution in [0.5, 0.6) is 11.5 Å². The maximum atomic E-state index is 6.45. The van der Waals surface area contributed by atoms with Gasteiger partial charge in [-0.15, -0.1) is 11.3 Å². The van der Waals surface area contributed by atoms with E-state index in [9.17, 15) is 0 Å². The minimum atomic E-state index is 0.645. The summed E-state index contributed by atoms with van der Waals surface area (Å²) in [6.45, 7) is 20.3. The Balaban J connectivity index is 1.51. The van der Waals surface area contributed by atoms with Crippen LogP contribution in [0.1, 0.15) is 145 Å². The van der Waals surface area contributed by atoms with Gasteiger partial charge in [0.05, 0.1) is 41.0 Å². The van der Waals surface area contributed by atoms with Crippen molar-refractivity contribution in [2.45, 2.75) is 145 Å². The summed E-state index contributed by atoms with van der Waals surface area (Å²) in [7, 11) is 0. The molecule has 0 saturated carbocycles. The van der Waals surface area contributed by atoms with Crippen molar-refractivity contribution < 1.29 is 9.47 Å². The first-order valence-corrected chi connectivity index (χ1v) is 20.1. The summed E-state index contributed by atoms with van der Waals surface area (Å²) in [4.78, 5) is 10.8. The summed E-state index contributed by atoms with van der Waals surface area (Å²) in [5, 5.41) is 2.08. The Morgan fingerprint density at radius 1 is 0.574 bits per heavy atom. The molecule has 47 heavy (non-hydrogen) atoms. The van der Waals surface area contributed by atoms with Crippen LogP contribution in [0.2, 0.25) is 0 Å². The highest BCUT2D eigenvalue weighted by atomic mass is 32.1. The summed E-state index contributed by atoms with van der Waals surface area (Å²) in [5.74, 6) is 6.20. The molecule has 0 radical (unpaired) electrons. The van der Waals surface area contributed by atoms with Gasteiger partial charge in [-0.2, -0.15) is 0 Å². The van der Waals surface area contributed by atoms with Gasteiger partial charge in [-0.05, 0) is 59.8 Å². The van der Waals surface area contributed by atoms with E-state index < -0.39 is 0 Å². The lowest BCUT2D eigenvalue weighted by Crippen LogP contribution is -2.08. The van der Waals surface area contributed by atoms with E-state index in [2.05, 4.69) is 72.9 Å². The molecule has 0 spiro atoms. The molecule has 0 N–H and O–H groups in total. The van der Waals surface area contributed by atoms with Gasteiger partial charge < -0.3 is 9.47 Å². The van der Waals surface area contributed by atoms with Crippen LogP contribution in [0, 0.1) is 35.5 Å². The van der Waals surface area contributed by atoms with Gasteiger partial charge in [0.1, 0.15) is 0 Å². The van der Waals surface area contributed by atoms with Gasteiger partial charge in [-0.3, -0.25) is 4.98 Å². The molecule has 5 heteroatoms. The first kappa shape index (κ1) is 39.3. The molecule has 0 aliphatic rings. The van der Waals surface area contributed by atoms with E-state index in [1.807, 2.05) is 18.3 Å². The van der Waals surface area contributed by atoms with Crippen LogP contribution < -0.4 is 9.47 Å². The summed E-state index contributed by atoms with van der Waals surface area (Å²) in [6, 6.07) is 8.23. The zero-order chi connectivity index (χ0) is 34.0. The molecule has 2 aromatic heterocycles. The first-order valence-electron chi connectivity index (χ1n) is 19.2. The number of thiophene rings is 1. The molecule has 0 fully saturated rings. The van der Waals surface area contributed by atoms with Crippen molar-refractivity contribution in [1.29, 1.82) is 0 Å². The highest BCUT2D eigenvalue weighted by molar-refractivity contribution is 7.13. The maximum Gasteiger partial charge on any atom is 0.163 e. The van der Waals surface area contributed by atoms with Crippen molar-refractivity contribution in [3.63, 3.8) is 0 Å². The number of fused-ring (bicyclic) bond motifs is 1. The zero-order valence-electron chi connectivity index (χ0n) is 31.4. The monoisotopic (exact) mass is 665 g/mol. The minimum Gasteiger partial charge on any atom is -0.490 e. The van der Waals surface area contributed by atoms with Gasteiger partial charge in [0.25, 0.3) is 0 Å². The van der Waals surface area contributed by atoms with Crippen LogP contribution in [0.25, 0.3) is 21.6 Å². The molecular weight excluding hydrogens is 597 g/mol. The zero-order valence-corrected chi connectivity index (χ0v) is 32.2. The Morgan fingerprint density at radius 2 is 1.02 bits per heavy atom. The van der Waals surface area contributed by atoms with Gasteiger partial charge in [0, 0.05) is 12.1 Å². The van der Waals surface area contributed by atoms with Crippen molar-refractivity contribution >= 4 is 22.4 Å². The second kappa shape index (κ2) is 21.8. The van der Waals surface area contributed by atoms with Crippen molar-refractivity contribution in [1.82, 2.24) is 9.97 Å². The molecule has 3 aromatic rings. The van der Waals surface area contributed by atoms with Crippen LogP contribution in [-0.4, -0.2) is 23.2 Å². The fraction of sp³-hybridized carbons (Fsp3) is 0.714. The molecule has 0 saturated heterocycles. The highest BCUT2D eigenvalue weighted by Crippen LogP contribution is 2.34. The van der Waals surface area contributed by atoms with Crippen LogP contribution in [-0.2, 0) is 0 Å². The summed E-state index contributed by atoms with van der Waals surface area (Å²) in [6.07, 6.45) is 20.0. The molecule has 264 valence electrons. The quantitative estimate of drug-likeness (QED) is 0.0904. The van der Waals surface area contributed by atoms with Crippen LogP contribution >= 0.6 is 11.3 Å². The van der Waals surface area contributed by atoms with E-state index in [-0.39, 0.29) is 0 Å². The Bertz CT molecular complexity index is 1240. The molecule has 0 aliphatic carbocycles.